The van der Waals surface area contributed by atoms with Gasteiger partial charge in [-0.05, 0) is 28.3 Å². The normalized spacial score (nSPS) is 11.5. The van der Waals surface area contributed by atoms with E-state index in [9.17, 15) is 0 Å². The molecule has 4 aromatic rings. The van der Waals surface area contributed by atoms with Crippen LogP contribution in [0, 0.1) is 0 Å². The number of nitrogens with one attached hydrogen (secondary N) is 1. The van der Waals surface area contributed by atoms with Gasteiger partial charge in [0.25, 0.3) is 0 Å². The Kier molecular flexibility index (Phi) is 1.59. The van der Waals surface area contributed by atoms with E-state index in [2.05, 4.69) is 58.7 Å². The van der Waals surface area contributed by atoms with Crippen molar-refractivity contribution < 1.29 is 0 Å². The lowest BCUT2D eigenvalue weighted by molar-refractivity contribution is 1.12. The predicted octanol–water partition coefficient (Wildman–Crippen LogP) is 3.87. The molecule has 1 aromatic heterocycles. The third-order valence-electron chi connectivity index (χ3n) is 3.30. The summed E-state index contributed by atoms with van der Waals surface area (Å²) in [5.41, 5.74) is 1.12. The lowest BCUT2D eigenvalue weighted by Gasteiger charge is -2.03. The van der Waals surface area contributed by atoms with Gasteiger partial charge in [0.05, 0.1) is 11.7 Å². The zero-order chi connectivity index (χ0) is 11.2. The Morgan fingerprint density at radius 2 is 1.53 bits per heavy atom. The monoisotopic (exact) mass is 218 g/mol. The van der Waals surface area contributed by atoms with Gasteiger partial charge in [0, 0.05) is 10.8 Å². The quantitative estimate of drug-likeness (QED) is 0.446. The molecule has 0 saturated heterocycles. The van der Waals surface area contributed by atoms with Crippen LogP contribution in [0.1, 0.15) is 0 Å². The highest BCUT2D eigenvalue weighted by atomic mass is 15.1. The molecule has 0 spiro atoms. The molecule has 2 nitrogen and oxygen atoms in total. The maximum Gasteiger partial charge on any atom is 0.0728 e. The number of fused-ring (bicyclic) bond motifs is 4. The first-order valence-corrected chi connectivity index (χ1v) is 5.66. The molecule has 1 heterocycles. The first-order valence-electron chi connectivity index (χ1n) is 5.66. The van der Waals surface area contributed by atoms with Crippen LogP contribution >= 0.6 is 0 Å². The molecular formula is C15H10N2. The van der Waals surface area contributed by atoms with Crippen LogP contribution in [0.5, 0.6) is 0 Å². The zero-order valence-corrected chi connectivity index (χ0v) is 9.14. The molecule has 0 aliphatic heterocycles. The molecule has 3 aromatic carbocycles. The number of H-pyrrole nitrogens is 1. The van der Waals surface area contributed by atoms with Crippen LogP contribution in [0.25, 0.3) is 32.4 Å². The van der Waals surface area contributed by atoms with Crippen LogP contribution in [0.4, 0.5) is 0 Å². The van der Waals surface area contributed by atoms with Gasteiger partial charge in [-0.2, -0.15) is 5.10 Å². The van der Waals surface area contributed by atoms with Gasteiger partial charge in [0.15, 0.2) is 0 Å². The van der Waals surface area contributed by atoms with Crippen LogP contribution in [0.2, 0.25) is 0 Å². The zero-order valence-electron chi connectivity index (χ0n) is 9.14. The van der Waals surface area contributed by atoms with E-state index in [0.717, 1.165) is 10.9 Å². The molecule has 0 aliphatic rings. The second kappa shape index (κ2) is 3.08. The fourth-order valence-corrected chi connectivity index (χ4v) is 2.43. The van der Waals surface area contributed by atoms with Gasteiger partial charge < -0.3 is 0 Å². The second-order valence-corrected chi connectivity index (χ2v) is 4.32. The largest absolute Gasteiger partial charge is 0.277 e. The van der Waals surface area contributed by atoms with Crippen molar-refractivity contribution in [2.24, 2.45) is 0 Å². The highest BCUT2D eigenvalue weighted by Gasteiger charge is 2.03. The van der Waals surface area contributed by atoms with E-state index in [1.165, 1.54) is 21.5 Å². The summed E-state index contributed by atoms with van der Waals surface area (Å²) < 4.78 is 0. The minimum Gasteiger partial charge on any atom is -0.277 e. The number of hydrogen-bond acceptors (Lipinski definition) is 1. The summed E-state index contributed by atoms with van der Waals surface area (Å²) in [7, 11) is 0. The molecule has 0 atom stereocenters. The lowest BCUT2D eigenvalue weighted by atomic mass is 10.0. The van der Waals surface area contributed by atoms with E-state index < -0.39 is 0 Å². The van der Waals surface area contributed by atoms with E-state index in [1.807, 2.05) is 6.20 Å². The Bertz CT molecular complexity index is 843. The highest BCUT2D eigenvalue weighted by Crippen LogP contribution is 2.27. The molecule has 0 aliphatic carbocycles. The van der Waals surface area contributed by atoms with Crippen molar-refractivity contribution >= 4 is 32.4 Å². The summed E-state index contributed by atoms with van der Waals surface area (Å²) >= 11 is 0. The Labute approximate surface area is 97.9 Å². The molecule has 0 bridgehead atoms. The van der Waals surface area contributed by atoms with E-state index >= 15 is 0 Å². The molecule has 0 radical (unpaired) electrons. The SMILES string of the molecule is c1ccc2cc3c(ccc4cn[nH]c43)cc2c1. The molecule has 0 saturated carbocycles. The highest BCUT2D eigenvalue weighted by molar-refractivity contribution is 6.10. The summed E-state index contributed by atoms with van der Waals surface area (Å²) in [6.45, 7) is 0. The average molecular weight is 218 g/mol. The summed E-state index contributed by atoms with van der Waals surface area (Å²) in [6, 6.07) is 17.1. The van der Waals surface area contributed by atoms with Gasteiger partial charge in [-0.1, -0.05) is 36.4 Å². The summed E-state index contributed by atoms with van der Waals surface area (Å²) in [6.07, 6.45) is 1.87. The first-order chi connectivity index (χ1) is 8.42. The molecule has 4 rings (SSSR count). The Hall–Kier alpha value is -2.35. The van der Waals surface area contributed by atoms with Gasteiger partial charge in [-0.3, -0.25) is 5.10 Å². The predicted molar refractivity (Wildman–Crippen MR) is 71.1 cm³/mol. The van der Waals surface area contributed by atoms with Crippen molar-refractivity contribution in [3.05, 3.63) is 54.7 Å². The Morgan fingerprint density at radius 1 is 0.765 bits per heavy atom. The Morgan fingerprint density at radius 3 is 2.41 bits per heavy atom. The second-order valence-electron chi connectivity index (χ2n) is 4.32. The molecule has 0 unspecified atom stereocenters. The van der Waals surface area contributed by atoms with Crippen LogP contribution in [-0.4, -0.2) is 10.2 Å². The number of nitrogens with zero attached hydrogens (tertiary/aromatic N) is 1. The molecule has 2 heteroatoms. The number of aromatic amines is 1. The van der Waals surface area contributed by atoms with Crippen molar-refractivity contribution in [3.8, 4) is 0 Å². The summed E-state index contributed by atoms with van der Waals surface area (Å²) in [4.78, 5) is 0. The third kappa shape index (κ3) is 1.18. The molecule has 17 heavy (non-hydrogen) atoms. The molecule has 0 amide bonds. The van der Waals surface area contributed by atoms with E-state index in [0.29, 0.717) is 0 Å². The molecule has 1 N–H and O–H groups in total. The van der Waals surface area contributed by atoms with Crippen molar-refractivity contribution in [3.63, 3.8) is 0 Å². The fraction of sp³-hybridized carbons (Fsp3) is 0. The van der Waals surface area contributed by atoms with Crippen molar-refractivity contribution in [1.29, 1.82) is 0 Å². The first kappa shape index (κ1) is 8.76. The number of benzene rings is 3. The van der Waals surface area contributed by atoms with Crippen molar-refractivity contribution in [1.82, 2.24) is 10.2 Å². The third-order valence-corrected chi connectivity index (χ3v) is 3.30. The number of rotatable bonds is 0. The van der Waals surface area contributed by atoms with Crippen molar-refractivity contribution in [2.75, 3.05) is 0 Å². The van der Waals surface area contributed by atoms with Crippen molar-refractivity contribution in [2.45, 2.75) is 0 Å². The van der Waals surface area contributed by atoms with Gasteiger partial charge in [-0.25, -0.2) is 0 Å². The summed E-state index contributed by atoms with van der Waals surface area (Å²) in [5, 5.41) is 13.4. The smallest absolute Gasteiger partial charge is 0.0728 e. The minimum absolute atomic E-state index is 1.12. The van der Waals surface area contributed by atoms with Crippen LogP contribution in [0.3, 0.4) is 0 Å². The lowest BCUT2D eigenvalue weighted by Crippen LogP contribution is -1.78. The van der Waals surface area contributed by atoms with E-state index in [4.69, 9.17) is 0 Å². The van der Waals surface area contributed by atoms with Gasteiger partial charge in [0.2, 0.25) is 0 Å². The maximum atomic E-state index is 4.11. The molecule has 80 valence electrons. The standard InChI is InChI=1S/C15H10N2/c1-2-4-11-8-14-12(7-10(11)3-1)5-6-13-9-16-17-15(13)14/h1-9H,(H,16,17). The fourth-order valence-electron chi connectivity index (χ4n) is 2.43. The number of aromatic nitrogens is 2. The maximum absolute atomic E-state index is 4.11. The summed E-state index contributed by atoms with van der Waals surface area (Å²) in [5.74, 6) is 0. The van der Waals surface area contributed by atoms with Crippen LogP contribution in [-0.2, 0) is 0 Å². The van der Waals surface area contributed by atoms with Gasteiger partial charge in [-0.15, -0.1) is 0 Å². The topological polar surface area (TPSA) is 28.7 Å². The Balaban J connectivity index is 2.29. The van der Waals surface area contributed by atoms with E-state index in [1.54, 1.807) is 0 Å². The van der Waals surface area contributed by atoms with Gasteiger partial charge >= 0.3 is 0 Å². The van der Waals surface area contributed by atoms with E-state index in [-0.39, 0.29) is 0 Å². The number of hydrogen-bond donors (Lipinski definition) is 1. The van der Waals surface area contributed by atoms with Crippen LogP contribution in [0.15, 0.2) is 54.7 Å². The molecule has 0 fully saturated rings. The van der Waals surface area contributed by atoms with Crippen LogP contribution < -0.4 is 0 Å². The molecular weight excluding hydrogens is 208 g/mol. The average Bonchev–Trinajstić information content (AvgIpc) is 2.85. The van der Waals surface area contributed by atoms with Gasteiger partial charge in [0.1, 0.15) is 0 Å². The minimum atomic E-state index is 1.12.